The van der Waals surface area contributed by atoms with Gasteiger partial charge >= 0.3 is 0 Å². The van der Waals surface area contributed by atoms with Crippen molar-refractivity contribution in [2.75, 3.05) is 18.0 Å². The van der Waals surface area contributed by atoms with Gasteiger partial charge in [0.2, 0.25) is 5.91 Å². The quantitative estimate of drug-likeness (QED) is 0.391. The fraction of sp³-hybridized carbons (Fsp3) is 0.154. The van der Waals surface area contributed by atoms with Gasteiger partial charge in [-0.15, -0.1) is 0 Å². The number of carbonyl (C=O) groups excluding carboxylic acids is 3. The fourth-order valence-electron chi connectivity index (χ4n) is 4.09. The molecular weight excluding hydrogens is 482 g/mol. The molecule has 176 valence electrons. The largest absolute Gasteiger partial charge is 0.467 e. The zero-order valence-electron chi connectivity index (χ0n) is 18.6. The van der Waals surface area contributed by atoms with Gasteiger partial charge in [-0.25, -0.2) is 0 Å². The highest BCUT2D eigenvalue weighted by molar-refractivity contribution is 8.26. The first-order valence-electron chi connectivity index (χ1n) is 11.0. The Morgan fingerprint density at radius 3 is 2.49 bits per heavy atom. The Bertz CT molecular complexity index is 1340. The van der Waals surface area contributed by atoms with Gasteiger partial charge in [0.05, 0.1) is 29.0 Å². The summed E-state index contributed by atoms with van der Waals surface area (Å²) < 4.78 is 5.71. The Morgan fingerprint density at radius 2 is 1.71 bits per heavy atom. The van der Waals surface area contributed by atoms with Crippen molar-refractivity contribution in [2.45, 2.75) is 13.0 Å². The molecule has 0 saturated carbocycles. The van der Waals surface area contributed by atoms with Crippen LogP contribution in [0.3, 0.4) is 0 Å². The predicted octanol–water partition coefficient (Wildman–Crippen LogP) is 3.76. The molecule has 1 saturated heterocycles. The Kier molecular flexibility index (Phi) is 6.52. The van der Waals surface area contributed by atoms with Crippen LogP contribution in [0.1, 0.15) is 16.9 Å². The van der Waals surface area contributed by atoms with Crippen molar-refractivity contribution in [1.82, 2.24) is 10.2 Å². The van der Waals surface area contributed by atoms with Crippen LogP contribution in [-0.2, 0) is 27.3 Å². The molecule has 9 heteroatoms. The summed E-state index contributed by atoms with van der Waals surface area (Å²) >= 11 is 6.53. The Morgan fingerprint density at radius 1 is 0.943 bits per heavy atom. The molecule has 1 fully saturated rings. The first-order chi connectivity index (χ1) is 17.0. The van der Waals surface area contributed by atoms with E-state index < -0.39 is 0 Å². The lowest BCUT2D eigenvalue weighted by atomic mass is 10.1. The molecule has 0 aliphatic carbocycles. The summed E-state index contributed by atoms with van der Waals surface area (Å²) in [5.74, 6) is -0.401. The van der Waals surface area contributed by atoms with E-state index in [1.54, 1.807) is 36.4 Å². The second-order valence-corrected chi connectivity index (χ2v) is 9.68. The van der Waals surface area contributed by atoms with Crippen LogP contribution in [0.2, 0.25) is 0 Å². The summed E-state index contributed by atoms with van der Waals surface area (Å²) in [6.07, 6.45) is 2.23. The van der Waals surface area contributed by atoms with E-state index in [0.29, 0.717) is 34.3 Å². The predicted molar refractivity (Wildman–Crippen MR) is 138 cm³/mol. The highest BCUT2D eigenvalue weighted by atomic mass is 32.2. The SMILES string of the molecule is O=C(CN1C(=O)/C(=C2\SC(=S)N(Cc3ccco3)C2=O)c2ccccc21)NCCc1ccccc1. The molecule has 35 heavy (non-hydrogen) atoms. The number of nitrogens with one attached hydrogen (secondary N) is 1. The van der Waals surface area contributed by atoms with Gasteiger partial charge < -0.3 is 9.73 Å². The lowest BCUT2D eigenvalue weighted by Gasteiger charge is -2.16. The van der Waals surface area contributed by atoms with Gasteiger partial charge in [-0.1, -0.05) is 72.5 Å². The van der Waals surface area contributed by atoms with Crippen LogP contribution < -0.4 is 10.2 Å². The van der Waals surface area contributed by atoms with Gasteiger partial charge in [0.15, 0.2) is 0 Å². The zero-order chi connectivity index (χ0) is 24.4. The normalized spacial score (nSPS) is 17.3. The summed E-state index contributed by atoms with van der Waals surface area (Å²) in [5.41, 5.74) is 2.61. The maximum Gasteiger partial charge on any atom is 0.267 e. The molecule has 5 rings (SSSR count). The van der Waals surface area contributed by atoms with Gasteiger partial charge in [-0.05, 0) is 30.2 Å². The van der Waals surface area contributed by atoms with Crippen molar-refractivity contribution in [1.29, 1.82) is 0 Å². The number of hydrogen-bond acceptors (Lipinski definition) is 6. The van der Waals surface area contributed by atoms with Crippen molar-refractivity contribution < 1.29 is 18.8 Å². The Labute approximate surface area is 211 Å². The van der Waals surface area contributed by atoms with Crippen LogP contribution in [0.15, 0.2) is 82.3 Å². The van der Waals surface area contributed by atoms with E-state index in [-0.39, 0.29) is 41.3 Å². The van der Waals surface area contributed by atoms with Crippen molar-refractivity contribution in [3.8, 4) is 0 Å². The number of para-hydroxylation sites is 1. The van der Waals surface area contributed by atoms with Crippen LogP contribution in [0.5, 0.6) is 0 Å². The van der Waals surface area contributed by atoms with E-state index in [4.69, 9.17) is 16.6 Å². The summed E-state index contributed by atoms with van der Waals surface area (Å²) in [4.78, 5) is 42.6. The van der Waals surface area contributed by atoms with Crippen molar-refractivity contribution >= 4 is 57.3 Å². The number of hydrogen-bond donors (Lipinski definition) is 1. The minimum Gasteiger partial charge on any atom is -0.467 e. The fourth-order valence-corrected chi connectivity index (χ4v) is 5.42. The number of furan rings is 1. The number of nitrogens with zero attached hydrogens (tertiary/aromatic N) is 2. The first kappa shape index (κ1) is 23.1. The van der Waals surface area contributed by atoms with Gasteiger partial charge in [0.1, 0.15) is 16.6 Å². The van der Waals surface area contributed by atoms with Gasteiger partial charge in [0, 0.05) is 12.1 Å². The molecule has 7 nitrogen and oxygen atoms in total. The average Bonchev–Trinajstić information content (AvgIpc) is 3.54. The second kappa shape index (κ2) is 9.89. The molecular formula is C26H21N3O4S2. The molecule has 2 aliphatic heterocycles. The zero-order valence-corrected chi connectivity index (χ0v) is 20.2. The van der Waals surface area contributed by atoms with E-state index in [2.05, 4.69) is 5.32 Å². The third-order valence-corrected chi connectivity index (χ3v) is 7.22. The minimum absolute atomic E-state index is 0.138. The van der Waals surface area contributed by atoms with E-state index in [1.165, 1.54) is 16.1 Å². The third-order valence-electron chi connectivity index (χ3n) is 5.77. The van der Waals surface area contributed by atoms with Crippen molar-refractivity contribution in [3.05, 3.63) is 94.8 Å². The van der Waals surface area contributed by atoms with Gasteiger partial charge in [-0.3, -0.25) is 24.2 Å². The molecule has 3 aromatic rings. The molecule has 3 heterocycles. The molecule has 0 radical (unpaired) electrons. The van der Waals surface area contributed by atoms with Crippen molar-refractivity contribution in [2.24, 2.45) is 0 Å². The monoisotopic (exact) mass is 503 g/mol. The number of fused-ring (bicyclic) bond motifs is 1. The second-order valence-electron chi connectivity index (χ2n) is 8.04. The van der Waals surface area contributed by atoms with Gasteiger partial charge in [-0.2, -0.15) is 0 Å². The van der Waals surface area contributed by atoms with Crippen molar-refractivity contribution in [3.63, 3.8) is 0 Å². The number of amides is 3. The molecule has 0 unspecified atom stereocenters. The van der Waals surface area contributed by atoms with E-state index >= 15 is 0 Å². The number of thioether (sulfide) groups is 1. The van der Waals surface area contributed by atoms with Crippen LogP contribution >= 0.6 is 24.0 Å². The Balaban J connectivity index is 1.34. The van der Waals surface area contributed by atoms with E-state index in [1.807, 2.05) is 30.3 Å². The third kappa shape index (κ3) is 4.65. The number of benzene rings is 2. The van der Waals surface area contributed by atoms with Crippen LogP contribution in [0.4, 0.5) is 5.69 Å². The number of anilines is 1. The molecule has 0 spiro atoms. The number of carbonyl (C=O) groups is 3. The first-order valence-corrected chi connectivity index (χ1v) is 12.3. The summed E-state index contributed by atoms with van der Waals surface area (Å²) in [6, 6.07) is 20.5. The van der Waals surface area contributed by atoms with Crippen LogP contribution in [0.25, 0.3) is 5.57 Å². The standard InChI is InChI=1S/C26H21N3O4S2/c30-21(27-13-12-17-7-2-1-3-8-17)16-28-20-11-5-4-10-19(20)22(24(28)31)23-25(32)29(26(34)35-23)15-18-9-6-14-33-18/h1-11,14H,12-13,15-16H2,(H,27,30)/b23-22-. The molecule has 2 aliphatic rings. The number of rotatable bonds is 7. The van der Waals surface area contributed by atoms with E-state index in [9.17, 15) is 14.4 Å². The van der Waals surface area contributed by atoms with Gasteiger partial charge in [0.25, 0.3) is 11.8 Å². The number of thiocarbonyl (C=S) groups is 1. The highest BCUT2D eigenvalue weighted by Crippen LogP contribution is 2.44. The summed E-state index contributed by atoms with van der Waals surface area (Å²) in [6.45, 7) is 0.517. The molecule has 1 N–H and O–H groups in total. The topological polar surface area (TPSA) is 82.9 Å². The minimum atomic E-state index is -0.386. The highest BCUT2D eigenvalue weighted by Gasteiger charge is 2.42. The van der Waals surface area contributed by atoms with Crippen LogP contribution in [0, 0.1) is 0 Å². The molecule has 0 bridgehead atoms. The summed E-state index contributed by atoms with van der Waals surface area (Å²) in [5, 5.41) is 2.88. The maximum absolute atomic E-state index is 13.5. The Hall–Kier alpha value is -3.69. The lowest BCUT2D eigenvalue weighted by molar-refractivity contribution is -0.123. The molecule has 0 atom stereocenters. The smallest absolute Gasteiger partial charge is 0.267 e. The summed E-state index contributed by atoms with van der Waals surface area (Å²) in [7, 11) is 0. The van der Waals surface area contributed by atoms with Crippen LogP contribution in [-0.4, -0.2) is 40.0 Å². The van der Waals surface area contributed by atoms with E-state index in [0.717, 1.165) is 17.3 Å². The average molecular weight is 504 g/mol. The molecule has 2 aromatic carbocycles. The maximum atomic E-state index is 13.5. The molecule has 3 amide bonds. The lowest BCUT2D eigenvalue weighted by Crippen LogP contribution is -2.39. The molecule has 1 aromatic heterocycles.